The predicted molar refractivity (Wildman–Crippen MR) is 88.8 cm³/mol. The van der Waals surface area contributed by atoms with Gasteiger partial charge in [0.1, 0.15) is 0 Å². The molecule has 1 N–H and O–H groups in total. The average molecular weight is 330 g/mol. The van der Waals surface area contributed by atoms with Crippen molar-refractivity contribution < 1.29 is 14.7 Å². The van der Waals surface area contributed by atoms with E-state index >= 15 is 0 Å². The molecule has 128 valence electrons. The van der Waals surface area contributed by atoms with Gasteiger partial charge in [-0.1, -0.05) is 0 Å². The maximum Gasteiger partial charge on any atom is 0.308 e. The Kier molecular flexibility index (Phi) is 4.03. The highest BCUT2D eigenvalue weighted by Gasteiger charge is 2.36. The van der Waals surface area contributed by atoms with Crippen molar-refractivity contribution in [1.29, 1.82) is 0 Å². The maximum absolute atomic E-state index is 13.2. The molecule has 3 heterocycles. The molecule has 1 fully saturated rings. The average Bonchev–Trinajstić information content (AvgIpc) is 2.80. The van der Waals surface area contributed by atoms with Crippen LogP contribution in [0.3, 0.4) is 0 Å². The SMILES string of the molecule is Cc1cc(C(=O)N2CCC[C@@H](C(=O)O)[C@H]2C)c2c(C)nn(C)c2n1. The molecule has 7 heteroatoms. The zero-order valence-electron chi connectivity index (χ0n) is 14.4. The van der Waals surface area contributed by atoms with Crippen LogP contribution in [0.1, 0.15) is 41.5 Å². The standard InChI is InChI=1S/C17H22N4O3/c1-9-8-13(14-10(2)19-20(4)15(14)18-9)16(22)21-7-5-6-12(11(21)3)17(23)24/h8,11-12H,5-7H2,1-4H3,(H,23,24)/t11-,12-/m1/s1. The molecule has 1 saturated heterocycles. The lowest BCUT2D eigenvalue weighted by molar-refractivity contribution is -0.144. The lowest BCUT2D eigenvalue weighted by Crippen LogP contribution is -2.49. The van der Waals surface area contributed by atoms with E-state index in [-0.39, 0.29) is 11.9 Å². The summed E-state index contributed by atoms with van der Waals surface area (Å²) in [5, 5.41) is 14.5. The van der Waals surface area contributed by atoms with Crippen molar-refractivity contribution in [3.8, 4) is 0 Å². The maximum atomic E-state index is 13.2. The number of piperidine rings is 1. The number of hydrogen-bond acceptors (Lipinski definition) is 4. The first-order valence-electron chi connectivity index (χ1n) is 8.16. The minimum Gasteiger partial charge on any atom is -0.481 e. The van der Waals surface area contributed by atoms with Crippen molar-refractivity contribution in [2.24, 2.45) is 13.0 Å². The minimum absolute atomic E-state index is 0.139. The number of carboxylic acid groups (broad SMARTS) is 1. The van der Waals surface area contributed by atoms with Gasteiger partial charge in [0, 0.05) is 25.3 Å². The zero-order chi connectivity index (χ0) is 17.6. The largest absolute Gasteiger partial charge is 0.481 e. The number of amides is 1. The molecule has 1 amide bonds. The number of carbonyl (C=O) groups excluding carboxylic acids is 1. The van der Waals surface area contributed by atoms with E-state index in [2.05, 4.69) is 10.1 Å². The van der Waals surface area contributed by atoms with Crippen molar-refractivity contribution in [2.75, 3.05) is 6.54 Å². The molecule has 1 aliphatic heterocycles. The summed E-state index contributed by atoms with van der Waals surface area (Å²) >= 11 is 0. The number of carbonyl (C=O) groups is 2. The molecule has 0 aromatic carbocycles. The number of carboxylic acids is 1. The Morgan fingerprint density at radius 2 is 2.04 bits per heavy atom. The van der Waals surface area contributed by atoms with Crippen molar-refractivity contribution in [1.82, 2.24) is 19.7 Å². The van der Waals surface area contributed by atoms with Gasteiger partial charge in [-0.2, -0.15) is 5.10 Å². The second-order valence-electron chi connectivity index (χ2n) is 6.54. The third kappa shape index (κ3) is 2.53. The molecular weight excluding hydrogens is 308 g/mol. The predicted octanol–water partition coefficient (Wildman–Crippen LogP) is 1.91. The first-order valence-corrected chi connectivity index (χ1v) is 8.16. The number of nitrogens with zero attached hydrogens (tertiary/aromatic N) is 4. The normalized spacial score (nSPS) is 21.2. The fourth-order valence-corrected chi connectivity index (χ4v) is 3.65. The van der Waals surface area contributed by atoms with E-state index < -0.39 is 11.9 Å². The monoisotopic (exact) mass is 330 g/mol. The summed E-state index contributed by atoms with van der Waals surface area (Å²) in [6, 6.07) is 1.44. The molecule has 0 unspecified atom stereocenters. The Morgan fingerprint density at radius 1 is 1.33 bits per heavy atom. The number of fused-ring (bicyclic) bond motifs is 1. The van der Waals surface area contributed by atoms with Crippen molar-refractivity contribution >= 4 is 22.9 Å². The number of pyridine rings is 1. The molecule has 3 rings (SSSR count). The Balaban J connectivity index is 2.07. The first kappa shape index (κ1) is 16.4. The second-order valence-corrected chi connectivity index (χ2v) is 6.54. The molecule has 2 aromatic rings. The number of hydrogen-bond donors (Lipinski definition) is 1. The van der Waals surface area contributed by atoms with Gasteiger partial charge < -0.3 is 10.0 Å². The highest BCUT2D eigenvalue weighted by atomic mass is 16.4. The number of aryl methyl sites for hydroxylation is 3. The van der Waals surface area contributed by atoms with E-state index in [0.717, 1.165) is 16.8 Å². The van der Waals surface area contributed by atoms with Crippen LogP contribution >= 0.6 is 0 Å². The molecule has 0 radical (unpaired) electrons. The number of aliphatic carboxylic acids is 1. The van der Waals surface area contributed by atoms with Gasteiger partial charge in [-0.3, -0.25) is 14.3 Å². The lowest BCUT2D eigenvalue weighted by atomic mass is 9.89. The number of aromatic nitrogens is 3. The third-order valence-electron chi connectivity index (χ3n) is 4.89. The highest BCUT2D eigenvalue weighted by molar-refractivity contribution is 6.06. The Bertz CT molecular complexity index is 827. The molecule has 0 aliphatic carbocycles. The Morgan fingerprint density at radius 3 is 2.71 bits per heavy atom. The molecule has 0 spiro atoms. The summed E-state index contributed by atoms with van der Waals surface area (Å²) < 4.78 is 1.67. The van der Waals surface area contributed by atoms with Crippen molar-refractivity contribution in [3.63, 3.8) is 0 Å². The van der Waals surface area contributed by atoms with E-state index in [0.29, 0.717) is 30.6 Å². The van der Waals surface area contributed by atoms with Crippen LogP contribution in [-0.2, 0) is 11.8 Å². The fraction of sp³-hybridized carbons (Fsp3) is 0.529. The third-order valence-corrected chi connectivity index (χ3v) is 4.89. The second kappa shape index (κ2) is 5.89. The van der Waals surface area contributed by atoms with Crippen LogP contribution in [0.15, 0.2) is 6.07 Å². The summed E-state index contributed by atoms with van der Waals surface area (Å²) in [5.74, 6) is -1.50. The van der Waals surface area contributed by atoms with Gasteiger partial charge in [0.15, 0.2) is 5.65 Å². The van der Waals surface area contributed by atoms with E-state index in [4.69, 9.17) is 0 Å². The van der Waals surface area contributed by atoms with Crippen LogP contribution in [0, 0.1) is 19.8 Å². The summed E-state index contributed by atoms with van der Waals surface area (Å²) in [7, 11) is 1.81. The Hall–Kier alpha value is -2.44. The lowest BCUT2D eigenvalue weighted by Gasteiger charge is -2.37. The fourth-order valence-electron chi connectivity index (χ4n) is 3.65. The van der Waals surface area contributed by atoms with E-state index in [1.165, 1.54) is 0 Å². The van der Waals surface area contributed by atoms with Gasteiger partial charge >= 0.3 is 5.97 Å². The molecule has 7 nitrogen and oxygen atoms in total. The van der Waals surface area contributed by atoms with Crippen LogP contribution in [0.4, 0.5) is 0 Å². The number of rotatable bonds is 2. The van der Waals surface area contributed by atoms with Gasteiger partial charge in [-0.15, -0.1) is 0 Å². The van der Waals surface area contributed by atoms with Crippen molar-refractivity contribution in [2.45, 2.75) is 39.7 Å². The first-order chi connectivity index (χ1) is 11.3. The number of likely N-dealkylation sites (tertiary alicyclic amines) is 1. The van der Waals surface area contributed by atoms with E-state index in [1.807, 2.05) is 20.8 Å². The van der Waals surface area contributed by atoms with E-state index in [9.17, 15) is 14.7 Å². The summed E-state index contributed by atoms with van der Waals surface area (Å²) in [6.07, 6.45) is 1.31. The van der Waals surface area contributed by atoms with Crippen LogP contribution in [-0.4, -0.2) is 49.2 Å². The molecular formula is C17H22N4O3. The summed E-state index contributed by atoms with van der Waals surface area (Å²) in [5.41, 5.74) is 2.73. The quantitative estimate of drug-likeness (QED) is 0.908. The smallest absolute Gasteiger partial charge is 0.308 e. The van der Waals surface area contributed by atoms with Crippen LogP contribution in [0.25, 0.3) is 11.0 Å². The molecule has 0 saturated carbocycles. The Labute approximate surface area is 140 Å². The van der Waals surface area contributed by atoms with Crippen molar-refractivity contribution in [3.05, 3.63) is 23.0 Å². The molecule has 1 aliphatic rings. The van der Waals surface area contributed by atoms with Crippen LogP contribution in [0.5, 0.6) is 0 Å². The summed E-state index contributed by atoms with van der Waals surface area (Å²) in [6.45, 7) is 6.09. The van der Waals surface area contributed by atoms with Gasteiger partial charge in [0.25, 0.3) is 5.91 Å². The van der Waals surface area contributed by atoms with Crippen LogP contribution in [0.2, 0.25) is 0 Å². The van der Waals surface area contributed by atoms with Crippen LogP contribution < -0.4 is 0 Å². The zero-order valence-corrected chi connectivity index (χ0v) is 14.4. The topological polar surface area (TPSA) is 88.3 Å². The minimum atomic E-state index is -0.839. The van der Waals surface area contributed by atoms with E-state index in [1.54, 1.807) is 22.7 Å². The molecule has 24 heavy (non-hydrogen) atoms. The highest BCUT2D eigenvalue weighted by Crippen LogP contribution is 2.28. The van der Waals surface area contributed by atoms with Gasteiger partial charge in [-0.25, -0.2) is 4.98 Å². The molecule has 2 atom stereocenters. The molecule has 2 aromatic heterocycles. The molecule has 0 bridgehead atoms. The van der Waals surface area contributed by atoms with Gasteiger partial charge in [0.2, 0.25) is 0 Å². The van der Waals surface area contributed by atoms with Gasteiger partial charge in [0.05, 0.1) is 22.6 Å². The van der Waals surface area contributed by atoms with Gasteiger partial charge in [-0.05, 0) is 39.7 Å². The summed E-state index contributed by atoms with van der Waals surface area (Å²) in [4.78, 5) is 30.8.